The largest absolute Gasteiger partial charge is 0.493 e. The topological polar surface area (TPSA) is 115 Å². The summed E-state index contributed by atoms with van der Waals surface area (Å²) in [6, 6.07) is 5.92. The molecule has 2 heterocycles. The summed E-state index contributed by atoms with van der Waals surface area (Å²) in [6.45, 7) is 0.519. The third-order valence-corrected chi connectivity index (χ3v) is 3.67. The maximum atomic E-state index is 13.6. The first-order valence-electron chi connectivity index (χ1n) is 7.99. The third kappa shape index (κ3) is 4.18. The smallest absolute Gasteiger partial charge is 0.303 e. The number of ether oxygens (including phenoxy) is 1. The van der Waals surface area contributed by atoms with Crippen molar-refractivity contribution < 1.29 is 19.0 Å². The number of carboxylic acid groups (broad SMARTS) is 1. The van der Waals surface area contributed by atoms with Gasteiger partial charge in [-0.15, -0.1) is 0 Å². The van der Waals surface area contributed by atoms with Gasteiger partial charge in [0.05, 0.1) is 18.5 Å². The van der Waals surface area contributed by atoms with Crippen molar-refractivity contribution in [3.05, 3.63) is 48.0 Å². The Hall–Kier alpha value is -3.36. The fourth-order valence-corrected chi connectivity index (χ4v) is 2.40. The maximum absolute atomic E-state index is 13.6. The molecule has 1 aromatic carbocycles. The molecule has 0 saturated carbocycles. The molecule has 3 rings (SSSR count). The lowest BCUT2D eigenvalue weighted by molar-refractivity contribution is -0.137. The number of benzene rings is 1. The minimum Gasteiger partial charge on any atom is -0.493 e. The van der Waals surface area contributed by atoms with Crippen LogP contribution in [0.1, 0.15) is 18.4 Å². The van der Waals surface area contributed by atoms with Gasteiger partial charge in [-0.25, -0.2) is 13.9 Å². The van der Waals surface area contributed by atoms with Crippen LogP contribution in [0.15, 0.2) is 36.7 Å². The van der Waals surface area contributed by atoms with Crippen LogP contribution in [-0.4, -0.2) is 32.3 Å². The lowest BCUT2D eigenvalue weighted by Crippen LogP contribution is -2.07. The standard InChI is InChI=1S/C17H18FN5O3/c18-12-3-4-14(26-7-1-2-16(24)25)11(8-12)9-20-15-5-6-23-17(22-15)13(19)10-21-23/h3-6,8,10H,1-2,7,9,19H2,(H,20,22)(H,24,25). The molecule has 4 N–H and O–H groups in total. The van der Waals surface area contributed by atoms with Crippen molar-refractivity contribution in [2.45, 2.75) is 19.4 Å². The maximum Gasteiger partial charge on any atom is 0.303 e. The summed E-state index contributed by atoms with van der Waals surface area (Å²) < 4.78 is 20.7. The molecule has 8 nitrogen and oxygen atoms in total. The van der Waals surface area contributed by atoms with Gasteiger partial charge in [0.25, 0.3) is 0 Å². The van der Waals surface area contributed by atoms with Crippen molar-refractivity contribution >= 4 is 23.1 Å². The number of nitrogens with one attached hydrogen (secondary N) is 1. The highest BCUT2D eigenvalue weighted by molar-refractivity contribution is 5.66. The lowest BCUT2D eigenvalue weighted by Gasteiger charge is -2.13. The average molecular weight is 359 g/mol. The Balaban J connectivity index is 1.68. The number of fused-ring (bicyclic) bond motifs is 1. The van der Waals surface area contributed by atoms with Crippen molar-refractivity contribution in [1.29, 1.82) is 0 Å². The van der Waals surface area contributed by atoms with Gasteiger partial charge >= 0.3 is 5.97 Å². The van der Waals surface area contributed by atoms with Gasteiger partial charge in [-0.1, -0.05) is 0 Å². The predicted octanol–water partition coefficient (Wildman–Crippen LogP) is 2.31. The molecule has 0 aliphatic heterocycles. The van der Waals surface area contributed by atoms with Crippen LogP contribution in [0.4, 0.5) is 15.9 Å². The average Bonchev–Trinajstić information content (AvgIpc) is 2.98. The third-order valence-electron chi connectivity index (χ3n) is 3.67. The fraction of sp³-hybridized carbons (Fsp3) is 0.235. The Morgan fingerprint density at radius 3 is 3.04 bits per heavy atom. The Kier molecular flexibility index (Phi) is 5.16. The van der Waals surface area contributed by atoms with E-state index in [1.165, 1.54) is 24.4 Å². The van der Waals surface area contributed by atoms with Crippen LogP contribution in [0.25, 0.3) is 5.65 Å². The molecule has 2 aromatic heterocycles. The number of nitrogen functional groups attached to an aromatic ring is 1. The number of nitrogens with zero attached hydrogens (tertiary/aromatic N) is 3. The first-order chi connectivity index (χ1) is 12.5. The zero-order chi connectivity index (χ0) is 18.5. The molecule has 3 aromatic rings. The second-order valence-electron chi connectivity index (χ2n) is 5.63. The van der Waals surface area contributed by atoms with E-state index in [1.807, 2.05) is 0 Å². The van der Waals surface area contributed by atoms with E-state index in [0.717, 1.165) is 0 Å². The second-order valence-corrected chi connectivity index (χ2v) is 5.63. The van der Waals surface area contributed by atoms with Gasteiger partial charge in [0, 0.05) is 24.7 Å². The fourth-order valence-electron chi connectivity index (χ4n) is 2.40. The zero-order valence-corrected chi connectivity index (χ0v) is 13.9. The van der Waals surface area contributed by atoms with Crippen LogP contribution in [0, 0.1) is 5.82 Å². The van der Waals surface area contributed by atoms with Crippen LogP contribution >= 0.6 is 0 Å². The minimum atomic E-state index is -0.879. The molecule has 0 saturated heterocycles. The first-order valence-corrected chi connectivity index (χ1v) is 7.99. The Bertz CT molecular complexity index is 928. The molecule has 0 amide bonds. The normalized spacial score (nSPS) is 10.8. The summed E-state index contributed by atoms with van der Waals surface area (Å²) in [5, 5.41) is 15.8. The summed E-state index contributed by atoms with van der Waals surface area (Å²) in [5.41, 5.74) is 7.39. The van der Waals surface area contributed by atoms with Gasteiger partial charge < -0.3 is 20.9 Å². The Labute approximate surface area is 148 Å². The molecule has 0 spiro atoms. The number of hydrogen-bond donors (Lipinski definition) is 3. The summed E-state index contributed by atoms with van der Waals surface area (Å²) in [5.74, 6) is -0.210. The summed E-state index contributed by atoms with van der Waals surface area (Å²) in [7, 11) is 0. The lowest BCUT2D eigenvalue weighted by atomic mass is 10.2. The highest BCUT2D eigenvalue weighted by Gasteiger charge is 2.08. The van der Waals surface area contributed by atoms with E-state index in [0.29, 0.717) is 34.9 Å². The quantitative estimate of drug-likeness (QED) is 0.529. The summed E-state index contributed by atoms with van der Waals surface area (Å²) >= 11 is 0. The van der Waals surface area contributed by atoms with Crippen LogP contribution in [-0.2, 0) is 11.3 Å². The number of aliphatic carboxylic acids is 1. The van der Waals surface area contributed by atoms with Crippen molar-refractivity contribution in [3.63, 3.8) is 0 Å². The number of rotatable bonds is 8. The van der Waals surface area contributed by atoms with E-state index in [4.69, 9.17) is 15.6 Å². The zero-order valence-electron chi connectivity index (χ0n) is 13.9. The Morgan fingerprint density at radius 2 is 2.23 bits per heavy atom. The number of anilines is 2. The van der Waals surface area contributed by atoms with Crippen molar-refractivity contribution in [3.8, 4) is 5.75 Å². The van der Waals surface area contributed by atoms with E-state index in [9.17, 15) is 9.18 Å². The number of hydrogen-bond acceptors (Lipinski definition) is 6. The highest BCUT2D eigenvalue weighted by atomic mass is 19.1. The molecular formula is C17H18FN5O3. The van der Waals surface area contributed by atoms with Crippen LogP contribution < -0.4 is 15.8 Å². The van der Waals surface area contributed by atoms with Crippen LogP contribution in [0.3, 0.4) is 0 Å². The van der Waals surface area contributed by atoms with Crippen molar-refractivity contribution in [2.75, 3.05) is 17.7 Å². The van der Waals surface area contributed by atoms with E-state index >= 15 is 0 Å². The monoisotopic (exact) mass is 359 g/mol. The second kappa shape index (κ2) is 7.68. The summed E-state index contributed by atoms with van der Waals surface area (Å²) in [4.78, 5) is 14.9. The minimum absolute atomic E-state index is 0.0193. The van der Waals surface area contributed by atoms with Crippen molar-refractivity contribution in [1.82, 2.24) is 14.6 Å². The number of aromatic nitrogens is 3. The molecule has 0 atom stereocenters. The Morgan fingerprint density at radius 1 is 1.38 bits per heavy atom. The summed E-state index contributed by atoms with van der Waals surface area (Å²) in [6.07, 6.45) is 3.63. The molecule has 0 fully saturated rings. The molecule has 136 valence electrons. The van der Waals surface area contributed by atoms with Crippen LogP contribution in [0.5, 0.6) is 5.75 Å². The molecule has 26 heavy (non-hydrogen) atoms. The highest BCUT2D eigenvalue weighted by Crippen LogP contribution is 2.22. The molecule has 0 unspecified atom stereocenters. The SMILES string of the molecule is Nc1cnn2ccc(NCc3cc(F)ccc3OCCCC(=O)O)nc12. The number of carboxylic acids is 1. The van der Waals surface area contributed by atoms with Gasteiger partial charge in [-0.05, 0) is 30.7 Å². The molecule has 0 aliphatic carbocycles. The van der Waals surface area contributed by atoms with E-state index in [-0.39, 0.29) is 25.4 Å². The molecule has 0 radical (unpaired) electrons. The molecule has 9 heteroatoms. The van der Waals surface area contributed by atoms with E-state index < -0.39 is 5.97 Å². The van der Waals surface area contributed by atoms with E-state index in [1.54, 1.807) is 16.8 Å². The van der Waals surface area contributed by atoms with Gasteiger partial charge in [-0.3, -0.25) is 4.79 Å². The molecule has 0 aliphatic rings. The van der Waals surface area contributed by atoms with Crippen LogP contribution in [0.2, 0.25) is 0 Å². The molecule has 0 bridgehead atoms. The first kappa shape index (κ1) is 17.5. The van der Waals surface area contributed by atoms with Crippen molar-refractivity contribution in [2.24, 2.45) is 0 Å². The number of halogens is 1. The predicted molar refractivity (Wildman–Crippen MR) is 93.5 cm³/mol. The van der Waals surface area contributed by atoms with Gasteiger partial charge in [0.2, 0.25) is 0 Å². The van der Waals surface area contributed by atoms with Gasteiger partial charge in [-0.2, -0.15) is 5.10 Å². The molecular weight excluding hydrogens is 341 g/mol. The number of nitrogens with two attached hydrogens (primary N) is 1. The number of carbonyl (C=O) groups is 1. The van der Waals surface area contributed by atoms with Gasteiger partial charge in [0.15, 0.2) is 5.65 Å². The van der Waals surface area contributed by atoms with Gasteiger partial charge in [0.1, 0.15) is 17.4 Å². The van der Waals surface area contributed by atoms with E-state index in [2.05, 4.69) is 15.4 Å².